The number of benzene rings is 2. The van der Waals surface area contributed by atoms with Gasteiger partial charge in [-0.2, -0.15) is 0 Å². The van der Waals surface area contributed by atoms with Crippen LogP contribution in [0.2, 0.25) is 0 Å². The molecule has 0 spiro atoms. The third-order valence-corrected chi connectivity index (χ3v) is 5.82. The topological polar surface area (TPSA) is 120 Å². The van der Waals surface area contributed by atoms with Gasteiger partial charge in [0.15, 0.2) is 0 Å². The van der Waals surface area contributed by atoms with Crippen LogP contribution in [0.4, 0.5) is 0 Å². The quantitative estimate of drug-likeness (QED) is 0.498. The first-order valence-corrected chi connectivity index (χ1v) is 11.9. The number of carbonyl (C=O) groups excluding carboxylic acids is 3. The van der Waals surface area contributed by atoms with Crippen LogP contribution in [0.25, 0.3) is 0 Å². The van der Waals surface area contributed by atoms with Crippen LogP contribution in [0.3, 0.4) is 0 Å². The van der Waals surface area contributed by atoms with E-state index in [9.17, 15) is 19.5 Å². The summed E-state index contributed by atoms with van der Waals surface area (Å²) in [5.74, 6) is -0.406. The molecule has 3 amide bonds. The Morgan fingerprint density at radius 3 is 2.51 bits per heavy atom. The van der Waals surface area contributed by atoms with E-state index < -0.39 is 30.5 Å². The number of aryl methyl sites for hydroxylation is 1. The van der Waals surface area contributed by atoms with Gasteiger partial charge in [0.2, 0.25) is 17.7 Å². The molecule has 1 heterocycles. The van der Waals surface area contributed by atoms with E-state index in [-0.39, 0.29) is 12.5 Å². The van der Waals surface area contributed by atoms with Gasteiger partial charge in [-0.1, -0.05) is 48.5 Å². The minimum Gasteiger partial charge on any atom is -0.492 e. The van der Waals surface area contributed by atoms with Gasteiger partial charge in [0.1, 0.15) is 24.4 Å². The normalized spacial score (nSPS) is 21.1. The number of nitrogens with zero attached hydrogens (tertiary/aromatic N) is 1. The molecule has 0 saturated heterocycles. The van der Waals surface area contributed by atoms with Crippen molar-refractivity contribution in [2.24, 2.45) is 0 Å². The Morgan fingerprint density at radius 1 is 1.00 bits per heavy atom. The Bertz CT molecular complexity index is 985. The summed E-state index contributed by atoms with van der Waals surface area (Å²) in [5, 5.41) is 18.4. The Balaban J connectivity index is 1.77. The van der Waals surface area contributed by atoms with Crippen molar-refractivity contribution in [2.75, 3.05) is 39.9 Å². The number of nitrogens with one attached hydrogen (secondary N) is 3. The lowest BCUT2D eigenvalue weighted by Gasteiger charge is -2.25. The maximum absolute atomic E-state index is 13.0. The number of amides is 3. The lowest BCUT2D eigenvalue weighted by Crippen LogP contribution is -2.53. The second-order valence-electron chi connectivity index (χ2n) is 8.54. The molecule has 4 N–H and O–H groups in total. The lowest BCUT2D eigenvalue weighted by molar-refractivity contribution is -0.138. The van der Waals surface area contributed by atoms with Crippen LogP contribution in [-0.2, 0) is 27.2 Å². The van der Waals surface area contributed by atoms with Crippen molar-refractivity contribution in [1.82, 2.24) is 20.9 Å². The van der Waals surface area contributed by atoms with Gasteiger partial charge in [-0.3, -0.25) is 14.4 Å². The number of aliphatic hydroxyl groups excluding tert-OH is 1. The summed E-state index contributed by atoms with van der Waals surface area (Å²) in [4.78, 5) is 39.7. The molecule has 1 aliphatic rings. The Kier molecular flexibility index (Phi) is 10.1. The molecule has 0 radical (unpaired) electrons. The minimum absolute atomic E-state index is 0.237. The average molecular weight is 483 g/mol. The van der Waals surface area contributed by atoms with E-state index in [1.807, 2.05) is 54.6 Å². The van der Waals surface area contributed by atoms with Crippen molar-refractivity contribution in [3.05, 3.63) is 65.7 Å². The van der Waals surface area contributed by atoms with Crippen molar-refractivity contribution in [2.45, 2.75) is 31.3 Å². The molecule has 0 fully saturated rings. The number of likely N-dealkylation sites (N-methyl/N-ethyl adjacent to an activating group) is 1. The zero-order chi connectivity index (χ0) is 25.0. The molecule has 0 aromatic heterocycles. The molecule has 2 atom stereocenters. The molecular formula is C26H34N4O5. The molecule has 0 saturated carbocycles. The van der Waals surface area contributed by atoms with Gasteiger partial charge in [-0.05, 0) is 30.0 Å². The number of ether oxygens (including phenoxy) is 1. The van der Waals surface area contributed by atoms with Crippen molar-refractivity contribution in [3.8, 4) is 5.75 Å². The van der Waals surface area contributed by atoms with Crippen molar-refractivity contribution in [1.29, 1.82) is 0 Å². The number of hydrogen-bond acceptors (Lipinski definition) is 6. The highest BCUT2D eigenvalue weighted by molar-refractivity contribution is 5.91. The summed E-state index contributed by atoms with van der Waals surface area (Å²) in [6.07, 6.45) is 1.75. The van der Waals surface area contributed by atoms with Gasteiger partial charge in [0, 0.05) is 26.6 Å². The smallest absolute Gasteiger partial charge is 0.242 e. The SMILES string of the molecule is CN1CC(=O)N[C@H](Cc2ccccc2)C(=O)NCCCc2ccccc2OCCN[C@@H](CO)C1=O. The molecule has 2 aromatic rings. The molecule has 2 aromatic carbocycles. The summed E-state index contributed by atoms with van der Waals surface area (Å²) >= 11 is 0. The van der Waals surface area contributed by atoms with E-state index in [4.69, 9.17) is 4.74 Å². The molecular weight excluding hydrogens is 448 g/mol. The number of fused-ring (bicyclic) bond motifs is 1. The Labute approximate surface area is 205 Å². The van der Waals surface area contributed by atoms with E-state index in [0.29, 0.717) is 39.0 Å². The Hall–Kier alpha value is -3.43. The number of hydrogen-bond donors (Lipinski definition) is 4. The maximum Gasteiger partial charge on any atom is 0.242 e. The highest BCUT2D eigenvalue weighted by Crippen LogP contribution is 2.19. The molecule has 0 bridgehead atoms. The molecule has 0 unspecified atom stereocenters. The van der Waals surface area contributed by atoms with E-state index >= 15 is 0 Å². The summed E-state index contributed by atoms with van der Waals surface area (Å²) in [6.45, 7) is 0.454. The first-order chi connectivity index (χ1) is 17.0. The molecule has 0 aliphatic carbocycles. The van der Waals surface area contributed by atoms with E-state index in [0.717, 1.165) is 16.9 Å². The van der Waals surface area contributed by atoms with Crippen LogP contribution in [0.15, 0.2) is 54.6 Å². The van der Waals surface area contributed by atoms with Gasteiger partial charge < -0.3 is 30.7 Å². The van der Waals surface area contributed by atoms with Crippen LogP contribution < -0.4 is 20.7 Å². The average Bonchev–Trinajstić information content (AvgIpc) is 2.86. The van der Waals surface area contributed by atoms with E-state index in [2.05, 4.69) is 16.0 Å². The summed E-state index contributed by atoms with van der Waals surface area (Å²) in [6, 6.07) is 15.5. The van der Waals surface area contributed by atoms with Crippen LogP contribution in [0, 0.1) is 0 Å². The third-order valence-electron chi connectivity index (χ3n) is 5.82. The molecule has 35 heavy (non-hydrogen) atoms. The fourth-order valence-electron chi connectivity index (χ4n) is 3.95. The number of rotatable bonds is 3. The van der Waals surface area contributed by atoms with E-state index in [1.54, 1.807) is 0 Å². The van der Waals surface area contributed by atoms with Gasteiger partial charge in [-0.15, -0.1) is 0 Å². The first kappa shape index (κ1) is 26.2. The zero-order valence-electron chi connectivity index (χ0n) is 20.0. The fraction of sp³-hybridized carbons (Fsp3) is 0.423. The van der Waals surface area contributed by atoms with E-state index in [1.165, 1.54) is 11.9 Å². The number of aliphatic hydroxyl groups is 1. The number of para-hydroxylation sites is 1. The highest BCUT2D eigenvalue weighted by Gasteiger charge is 2.25. The van der Waals surface area contributed by atoms with Crippen molar-refractivity contribution >= 4 is 17.7 Å². The molecule has 9 heteroatoms. The van der Waals surface area contributed by atoms with Gasteiger partial charge in [0.25, 0.3) is 0 Å². The second kappa shape index (κ2) is 13.5. The first-order valence-electron chi connectivity index (χ1n) is 11.9. The van der Waals surface area contributed by atoms with Gasteiger partial charge in [-0.25, -0.2) is 0 Å². The van der Waals surface area contributed by atoms with Crippen molar-refractivity contribution in [3.63, 3.8) is 0 Å². The van der Waals surface area contributed by atoms with Crippen molar-refractivity contribution < 1.29 is 24.2 Å². The monoisotopic (exact) mass is 482 g/mol. The predicted molar refractivity (Wildman–Crippen MR) is 132 cm³/mol. The lowest BCUT2D eigenvalue weighted by atomic mass is 10.0. The van der Waals surface area contributed by atoms with Gasteiger partial charge >= 0.3 is 0 Å². The number of carbonyl (C=O) groups is 3. The summed E-state index contributed by atoms with van der Waals surface area (Å²) < 4.78 is 5.89. The van der Waals surface area contributed by atoms with Crippen LogP contribution in [-0.4, -0.2) is 79.7 Å². The fourth-order valence-corrected chi connectivity index (χ4v) is 3.95. The van der Waals surface area contributed by atoms with Crippen LogP contribution >= 0.6 is 0 Å². The maximum atomic E-state index is 13.0. The minimum atomic E-state index is -0.867. The molecule has 188 valence electrons. The Morgan fingerprint density at radius 2 is 1.74 bits per heavy atom. The predicted octanol–water partition coefficient (Wildman–Crippen LogP) is 0.264. The standard InChI is InChI=1S/C26H34N4O5/c1-30-17-24(32)29-21(16-19-8-3-2-4-9-19)25(33)28-13-7-11-20-10-5-6-12-23(20)35-15-14-27-22(18-31)26(30)34/h2-6,8-10,12,21-22,27,31H,7,11,13-18H2,1H3,(H,28,33)(H,29,32)/t21-,22+/m1/s1. The molecule has 9 nitrogen and oxygen atoms in total. The zero-order valence-corrected chi connectivity index (χ0v) is 20.0. The van der Waals surface area contributed by atoms with Crippen LogP contribution in [0.5, 0.6) is 5.75 Å². The molecule has 3 rings (SSSR count). The highest BCUT2D eigenvalue weighted by atomic mass is 16.5. The second-order valence-corrected chi connectivity index (χ2v) is 8.54. The molecule has 1 aliphatic heterocycles. The largest absolute Gasteiger partial charge is 0.492 e. The summed E-state index contributed by atoms with van der Waals surface area (Å²) in [5.41, 5.74) is 1.93. The van der Waals surface area contributed by atoms with Crippen LogP contribution in [0.1, 0.15) is 17.5 Å². The summed E-state index contributed by atoms with van der Waals surface area (Å²) in [7, 11) is 1.49. The third kappa shape index (κ3) is 8.08. The van der Waals surface area contributed by atoms with Gasteiger partial charge in [0.05, 0.1) is 13.2 Å².